The minimum atomic E-state index is -0.347. The quantitative estimate of drug-likeness (QED) is 0.686. The summed E-state index contributed by atoms with van der Waals surface area (Å²) in [6.45, 7) is 3.56. The molecule has 14 heavy (non-hydrogen) atoms. The van der Waals surface area contributed by atoms with Gasteiger partial charge in [-0.15, -0.1) is 0 Å². The summed E-state index contributed by atoms with van der Waals surface area (Å²) in [5, 5.41) is 4.09. The SMILES string of the molecule is Cc1nc(C)n(-c2cc[c]cc2F)n1. The number of nitrogens with zero attached hydrogens (tertiary/aromatic N) is 3. The van der Waals surface area contributed by atoms with Gasteiger partial charge in [-0.3, -0.25) is 0 Å². The van der Waals surface area contributed by atoms with Crippen molar-refractivity contribution in [1.82, 2.24) is 14.8 Å². The largest absolute Gasteiger partial charge is 0.217 e. The average molecular weight is 190 g/mol. The lowest BCUT2D eigenvalue weighted by Gasteiger charge is -2.02. The topological polar surface area (TPSA) is 30.7 Å². The Balaban J connectivity index is 2.60. The van der Waals surface area contributed by atoms with E-state index in [1.54, 1.807) is 26.0 Å². The molecule has 0 N–H and O–H groups in total. The van der Waals surface area contributed by atoms with Gasteiger partial charge in [0.05, 0.1) is 0 Å². The minimum Gasteiger partial charge on any atom is -0.217 e. The van der Waals surface area contributed by atoms with Crippen LogP contribution in [0.2, 0.25) is 0 Å². The van der Waals surface area contributed by atoms with Gasteiger partial charge in [0.15, 0.2) is 0 Å². The average Bonchev–Trinajstić information content (AvgIpc) is 2.46. The first-order chi connectivity index (χ1) is 6.68. The molecule has 0 aliphatic rings. The van der Waals surface area contributed by atoms with Crippen LogP contribution in [0.3, 0.4) is 0 Å². The van der Waals surface area contributed by atoms with E-state index in [9.17, 15) is 4.39 Å². The summed E-state index contributed by atoms with van der Waals surface area (Å²) in [4.78, 5) is 4.10. The maximum atomic E-state index is 13.3. The van der Waals surface area contributed by atoms with Gasteiger partial charge in [0.25, 0.3) is 0 Å². The Bertz CT molecular complexity index is 462. The molecular weight excluding hydrogens is 181 g/mol. The van der Waals surface area contributed by atoms with E-state index < -0.39 is 0 Å². The predicted molar refractivity (Wildman–Crippen MR) is 49.6 cm³/mol. The van der Waals surface area contributed by atoms with Crippen LogP contribution in [0.25, 0.3) is 5.69 Å². The fourth-order valence-electron chi connectivity index (χ4n) is 1.32. The highest BCUT2D eigenvalue weighted by Gasteiger charge is 2.08. The number of aryl methyl sites for hydroxylation is 2. The van der Waals surface area contributed by atoms with Crippen molar-refractivity contribution in [2.75, 3.05) is 0 Å². The molecule has 0 fully saturated rings. The zero-order valence-corrected chi connectivity index (χ0v) is 7.95. The summed E-state index contributed by atoms with van der Waals surface area (Å²) in [5.74, 6) is 0.961. The van der Waals surface area contributed by atoms with E-state index in [-0.39, 0.29) is 5.82 Å². The molecule has 0 spiro atoms. The smallest absolute Gasteiger partial charge is 0.149 e. The van der Waals surface area contributed by atoms with Crippen molar-refractivity contribution >= 4 is 0 Å². The van der Waals surface area contributed by atoms with Crippen molar-refractivity contribution in [1.29, 1.82) is 0 Å². The zero-order chi connectivity index (χ0) is 10.1. The highest BCUT2D eigenvalue weighted by Crippen LogP contribution is 2.12. The number of rotatable bonds is 1. The van der Waals surface area contributed by atoms with Crippen molar-refractivity contribution in [3.05, 3.63) is 41.7 Å². The van der Waals surface area contributed by atoms with E-state index in [4.69, 9.17) is 0 Å². The van der Waals surface area contributed by atoms with Gasteiger partial charge in [0.1, 0.15) is 23.2 Å². The molecule has 1 aromatic carbocycles. The molecule has 0 saturated carbocycles. The molecular formula is C10H9FN3. The third-order valence-electron chi connectivity index (χ3n) is 1.90. The van der Waals surface area contributed by atoms with E-state index in [2.05, 4.69) is 16.1 Å². The third-order valence-corrected chi connectivity index (χ3v) is 1.90. The molecule has 71 valence electrons. The lowest BCUT2D eigenvalue weighted by Crippen LogP contribution is -2.01. The van der Waals surface area contributed by atoms with Gasteiger partial charge >= 0.3 is 0 Å². The van der Waals surface area contributed by atoms with E-state index >= 15 is 0 Å². The first-order valence-electron chi connectivity index (χ1n) is 4.25. The fourth-order valence-corrected chi connectivity index (χ4v) is 1.32. The van der Waals surface area contributed by atoms with Crippen LogP contribution in [0.4, 0.5) is 4.39 Å². The van der Waals surface area contributed by atoms with Crippen LogP contribution >= 0.6 is 0 Å². The fraction of sp³-hybridized carbons (Fsp3) is 0.200. The Morgan fingerprint density at radius 1 is 1.43 bits per heavy atom. The van der Waals surface area contributed by atoms with Gasteiger partial charge in [-0.05, 0) is 32.0 Å². The van der Waals surface area contributed by atoms with Crippen LogP contribution in [0.1, 0.15) is 11.6 Å². The molecule has 0 atom stereocenters. The zero-order valence-electron chi connectivity index (χ0n) is 7.95. The molecule has 0 saturated heterocycles. The lowest BCUT2D eigenvalue weighted by molar-refractivity contribution is 0.607. The van der Waals surface area contributed by atoms with Crippen LogP contribution in [0.5, 0.6) is 0 Å². The van der Waals surface area contributed by atoms with Crippen molar-refractivity contribution in [2.45, 2.75) is 13.8 Å². The summed E-state index contributed by atoms with van der Waals surface area (Å²) in [7, 11) is 0. The van der Waals surface area contributed by atoms with Crippen LogP contribution in [0, 0.1) is 25.7 Å². The van der Waals surface area contributed by atoms with E-state index in [0.29, 0.717) is 17.3 Å². The Hall–Kier alpha value is -1.71. The maximum Gasteiger partial charge on any atom is 0.149 e. The monoisotopic (exact) mass is 190 g/mol. The molecule has 0 unspecified atom stereocenters. The van der Waals surface area contributed by atoms with Gasteiger partial charge in [-0.25, -0.2) is 14.1 Å². The van der Waals surface area contributed by atoms with Crippen molar-refractivity contribution in [2.24, 2.45) is 0 Å². The molecule has 0 bridgehead atoms. The molecule has 2 rings (SSSR count). The lowest BCUT2D eigenvalue weighted by atomic mass is 10.3. The van der Waals surface area contributed by atoms with E-state index in [1.807, 2.05) is 0 Å². The van der Waals surface area contributed by atoms with E-state index in [0.717, 1.165) is 0 Å². The van der Waals surface area contributed by atoms with Crippen LogP contribution in [-0.4, -0.2) is 14.8 Å². The first-order valence-corrected chi connectivity index (χ1v) is 4.25. The van der Waals surface area contributed by atoms with Gasteiger partial charge < -0.3 is 0 Å². The van der Waals surface area contributed by atoms with Crippen molar-refractivity contribution in [3.8, 4) is 5.69 Å². The maximum absolute atomic E-state index is 13.3. The van der Waals surface area contributed by atoms with Crippen LogP contribution in [-0.2, 0) is 0 Å². The molecule has 3 nitrogen and oxygen atoms in total. The van der Waals surface area contributed by atoms with Crippen LogP contribution < -0.4 is 0 Å². The molecule has 0 amide bonds. The summed E-state index contributed by atoms with van der Waals surface area (Å²) < 4.78 is 14.8. The second-order valence-corrected chi connectivity index (χ2v) is 3.00. The number of benzene rings is 1. The molecule has 1 aromatic heterocycles. The van der Waals surface area contributed by atoms with Gasteiger partial charge in [-0.2, -0.15) is 5.10 Å². The van der Waals surface area contributed by atoms with E-state index in [1.165, 1.54) is 10.7 Å². The molecule has 0 aliphatic heterocycles. The first kappa shape index (κ1) is 8.87. The van der Waals surface area contributed by atoms with Gasteiger partial charge in [0.2, 0.25) is 0 Å². The van der Waals surface area contributed by atoms with Crippen molar-refractivity contribution < 1.29 is 4.39 Å². The number of aromatic nitrogens is 3. The highest BCUT2D eigenvalue weighted by atomic mass is 19.1. The Labute approximate surface area is 81.2 Å². The Kier molecular flexibility index (Phi) is 2.04. The van der Waals surface area contributed by atoms with Crippen LogP contribution in [0.15, 0.2) is 18.2 Å². The van der Waals surface area contributed by atoms with Gasteiger partial charge in [0, 0.05) is 0 Å². The number of hydrogen-bond acceptors (Lipinski definition) is 2. The molecule has 2 aromatic rings. The number of hydrogen-bond donors (Lipinski definition) is 0. The number of halogens is 1. The molecule has 4 heteroatoms. The van der Waals surface area contributed by atoms with Gasteiger partial charge in [-0.1, -0.05) is 6.07 Å². The third kappa shape index (κ3) is 1.39. The minimum absolute atomic E-state index is 0.347. The Morgan fingerprint density at radius 3 is 2.79 bits per heavy atom. The summed E-state index contributed by atoms with van der Waals surface area (Å²) in [6.07, 6.45) is 0. The summed E-state index contributed by atoms with van der Waals surface area (Å²) in [5.41, 5.74) is 0.404. The summed E-state index contributed by atoms with van der Waals surface area (Å²) in [6, 6.07) is 7.21. The molecule has 1 radical (unpaired) electrons. The van der Waals surface area contributed by atoms with Crippen molar-refractivity contribution in [3.63, 3.8) is 0 Å². The predicted octanol–water partition coefficient (Wildman–Crippen LogP) is 1.82. The molecule has 0 aliphatic carbocycles. The highest BCUT2D eigenvalue weighted by molar-refractivity contribution is 5.32. The standard InChI is InChI=1S/C10H9FN3/c1-7-12-8(2)14(13-7)10-6-4-3-5-9(10)11/h4-6H,1-2H3. The normalized spacial score (nSPS) is 10.5. The molecule has 1 heterocycles. The second kappa shape index (κ2) is 3.21. The summed E-state index contributed by atoms with van der Waals surface area (Å²) >= 11 is 0. The Morgan fingerprint density at radius 2 is 2.21 bits per heavy atom. The second-order valence-electron chi connectivity index (χ2n) is 3.00.